The van der Waals surface area contributed by atoms with E-state index >= 15 is 0 Å². The normalized spacial score (nSPS) is 11.0. The number of halogens is 1. The molecule has 34 heavy (non-hydrogen) atoms. The van der Waals surface area contributed by atoms with Gasteiger partial charge in [-0.05, 0) is 45.0 Å². The summed E-state index contributed by atoms with van der Waals surface area (Å²) in [6.45, 7) is 6.74. The Labute approximate surface area is 197 Å². The average molecular weight is 463 g/mol. The highest BCUT2D eigenvalue weighted by Gasteiger charge is 2.18. The number of hydrogen-bond donors (Lipinski definition) is 1. The van der Waals surface area contributed by atoms with E-state index in [4.69, 9.17) is 9.47 Å². The highest BCUT2D eigenvalue weighted by molar-refractivity contribution is 5.99. The van der Waals surface area contributed by atoms with Gasteiger partial charge in [0.25, 0.3) is 0 Å². The summed E-state index contributed by atoms with van der Waals surface area (Å²) in [6, 6.07) is 12.2. The van der Waals surface area contributed by atoms with Crippen LogP contribution in [0.15, 0.2) is 48.8 Å². The number of ketones is 1. The minimum absolute atomic E-state index is 0.0744. The van der Waals surface area contributed by atoms with Crippen LogP contribution in [0.3, 0.4) is 0 Å². The molecule has 0 unspecified atom stereocenters. The summed E-state index contributed by atoms with van der Waals surface area (Å²) in [4.78, 5) is 20.8. The van der Waals surface area contributed by atoms with E-state index in [0.29, 0.717) is 53.8 Å². The van der Waals surface area contributed by atoms with Gasteiger partial charge in [-0.25, -0.2) is 14.4 Å². The molecule has 0 saturated heterocycles. The molecule has 8 heteroatoms. The van der Waals surface area contributed by atoms with Gasteiger partial charge in [-0.15, -0.1) is 0 Å². The lowest BCUT2D eigenvalue weighted by molar-refractivity contribution is 0.101. The van der Waals surface area contributed by atoms with Crippen molar-refractivity contribution in [2.45, 2.75) is 27.3 Å². The molecular weight excluding hydrogens is 435 g/mol. The number of Topliss-reactive ketones (excluding diaryl/α,β-unsaturated/α-hetero) is 1. The van der Waals surface area contributed by atoms with Gasteiger partial charge in [0.15, 0.2) is 5.78 Å². The third kappa shape index (κ3) is 4.31. The first-order valence-electron chi connectivity index (χ1n) is 11.1. The Morgan fingerprint density at radius 1 is 1.15 bits per heavy atom. The van der Waals surface area contributed by atoms with Crippen LogP contribution in [0.4, 0.5) is 10.2 Å². The van der Waals surface area contributed by atoms with Crippen LogP contribution in [0.25, 0.3) is 22.2 Å². The van der Waals surface area contributed by atoms with Crippen LogP contribution in [-0.4, -0.2) is 40.6 Å². The lowest BCUT2D eigenvalue weighted by Crippen LogP contribution is -2.13. The number of benzene rings is 2. The van der Waals surface area contributed by atoms with Crippen LogP contribution in [0.5, 0.6) is 11.5 Å². The molecule has 4 aromatic rings. The molecule has 0 bridgehead atoms. The molecule has 2 heterocycles. The number of para-hydroxylation sites is 2. The number of aromatic nitrogens is 3. The first-order valence-corrected chi connectivity index (χ1v) is 11.1. The number of ether oxygens (including phenoxy) is 2. The van der Waals surface area contributed by atoms with Gasteiger partial charge < -0.3 is 19.4 Å². The highest BCUT2D eigenvalue weighted by atomic mass is 19.1. The lowest BCUT2D eigenvalue weighted by atomic mass is 10.0. The van der Waals surface area contributed by atoms with Gasteiger partial charge in [0.1, 0.15) is 29.5 Å². The van der Waals surface area contributed by atoms with Crippen molar-refractivity contribution in [2.75, 3.05) is 25.6 Å². The molecule has 1 N–H and O–H groups in total. The van der Waals surface area contributed by atoms with E-state index in [1.165, 1.54) is 19.3 Å². The highest BCUT2D eigenvalue weighted by Crippen LogP contribution is 2.35. The van der Waals surface area contributed by atoms with E-state index in [1.807, 2.05) is 42.7 Å². The Hall–Kier alpha value is -3.94. The molecule has 2 aromatic carbocycles. The quantitative estimate of drug-likeness (QED) is 0.342. The van der Waals surface area contributed by atoms with E-state index < -0.39 is 0 Å². The maximum Gasteiger partial charge on any atom is 0.163 e. The van der Waals surface area contributed by atoms with E-state index in [2.05, 4.69) is 15.3 Å². The van der Waals surface area contributed by atoms with Crippen molar-refractivity contribution in [3.63, 3.8) is 0 Å². The summed E-state index contributed by atoms with van der Waals surface area (Å²) >= 11 is 0. The zero-order chi connectivity index (χ0) is 24.2. The average Bonchev–Trinajstić information content (AvgIpc) is 3.11. The number of anilines is 1. The Morgan fingerprint density at radius 2 is 1.94 bits per heavy atom. The monoisotopic (exact) mass is 462 g/mol. The van der Waals surface area contributed by atoms with Gasteiger partial charge in [-0.1, -0.05) is 12.1 Å². The second-order valence-corrected chi connectivity index (χ2v) is 7.79. The Kier molecular flexibility index (Phi) is 6.77. The number of methoxy groups -OCH3 is 1. The van der Waals surface area contributed by atoms with Crippen LogP contribution < -0.4 is 14.8 Å². The van der Waals surface area contributed by atoms with Crippen molar-refractivity contribution in [2.24, 2.45) is 0 Å². The number of carbonyl (C=O) groups is 1. The summed E-state index contributed by atoms with van der Waals surface area (Å²) in [5, 5.41) is 4.04. The fourth-order valence-electron chi connectivity index (χ4n) is 4.21. The standard InChI is InChI=1S/C26H27FN4O3/c1-5-34-26-18(17(3)32)8-6-9-19(26)22-14-23(30-15-29-22)28-12-13-31-16(2)25(33-4)20-10-7-11-21(27)24(20)31/h6-11,14-15H,5,12-13H2,1-4H3,(H,28,29,30). The van der Waals surface area contributed by atoms with E-state index in [0.717, 1.165) is 16.6 Å². The maximum absolute atomic E-state index is 14.6. The Morgan fingerprint density at radius 3 is 2.68 bits per heavy atom. The predicted octanol–water partition coefficient (Wildman–Crippen LogP) is 5.27. The number of carbonyl (C=O) groups excluding carboxylic acids is 1. The van der Waals surface area contributed by atoms with Gasteiger partial charge in [-0.2, -0.15) is 0 Å². The Balaban J connectivity index is 1.59. The molecular formula is C26H27FN4O3. The van der Waals surface area contributed by atoms with Crippen LogP contribution in [0.2, 0.25) is 0 Å². The number of nitrogens with one attached hydrogen (secondary N) is 1. The van der Waals surface area contributed by atoms with Gasteiger partial charge in [0.2, 0.25) is 0 Å². The molecule has 0 radical (unpaired) electrons. The van der Waals surface area contributed by atoms with E-state index in [1.54, 1.807) is 19.2 Å². The molecule has 0 amide bonds. The molecule has 0 spiro atoms. The molecule has 0 saturated carbocycles. The maximum atomic E-state index is 14.6. The second kappa shape index (κ2) is 9.91. The zero-order valence-electron chi connectivity index (χ0n) is 19.7. The van der Waals surface area contributed by atoms with E-state index in [-0.39, 0.29) is 11.6 Å². The number of rotatable bonds is 9. The van der Waals surface area contributed by atoms with Crippen molar-refractivity contribution < 1.29 is 18.7 Å². The zero-order valence-corrected chi connectivity index (χ0v) is 19.7. The van der Waals surface area contributed by atoms with Crippen LogP contribution in [0, 0.1) is 12.7 Å². The summed E-state index contributed by atoms with van der Waals surface area (Å²) in [5.41, 5.74) is 3.25. The summed E-state index contributed by atoms with van der Waals surface area (Å²) < 4.78 is 27.8. The molecule has 0 atom stereocenters. The largest absolute Gasteiger partial charge is 0.494 e. The fraction of sp³-hybridized carbons (Fsp3) is 0.269. The van der Waals surface area contributed by atoms with Crippen molar-refractivity contribution >= 4 is 22.5 Å². The molecule has 0 aliphatic rings. The van der Waals surface area contributed by atoms with Gasteiger partial charge in [0.05, 0.1) is 36.2 Å². The van der Waals surface area contributed by atoms with Gasteiger partial charge in [-0.3, -0.25) is 4.79 Å². The molecule has 2 aromatic heterocycles. The molecule has 4 rings (SSSR count). The molecule has 176 valence electrons. The fourth-order valence-corrected chi connectivity index (χ4v) is 4.21. The molecule has 0 fully saturated rings. The molecule has 0 aliphatic heterocycles. The predicted molar refractivity (Wildman–Crippen MR) is 130 cm³/mol. The number of nitrogens with zero attached hydrogens (tertiary/aromatic N) is 3. The third-order valence-electron chi connectivity index (χ3n) is 5.71. The van der Waals surface area contributed by atoms with Gasteiger partial charge in [0, 0.05) is 30.1 Å². The summed E-state index contributed by atoms with van der Waals surface area (Å²) in [6.07, 6.45) is 1.47. The van der Waals surface area contributed by atoms with Crippen molar-refractivity contribution in [3.8, 4) is 22.8 Å². The first kappa shape index (κ1) is 23.2. The smallest absolute Gasteiger partial charge is 0.163 e. The first-order chi connectivity index (χ1) is 16.5. The van der Waals surface area contributed by atoms with Crippen LogP contribution >= 0.6 is 0 Å². The van der Waals surface area contributed by atoms with Crippen LogP contribution in [0.1, 0.15) is 29.9 Å². The van der Waals surface area contributed by atoms with Crippen LogP contribution in [-0.2, 0) is 6.54 Å². The minimum atomic E-state index is -0.290. The van der Waals surface area contributed by atoms with Crippen molar-refractivity contribution in [1.29, 1.82) is 0 Å². The molecule has 0 aliphatic carbocycles. The van der Waals surface area contributed by atoms with Crippen molar-refractivity contribution in [3.05, 3.63) is 65.9 Å². The summed E-state index contributed by atoms with van der Waals surface area (Å²) in [5.74, 6) is 1.44. The lowest BCUT2D eigenvalue weighted by Gasteiger charge is -2.14. The van der Waals surface area contributed by atoms with Gasteiger partial charge >= 0.3 is 0 Å². The summed E-state index contributed by atoms with van der Waals surface area (Å²) in [7, 11) is 1.59. The Bertz CT molecular complexity index is 1350. The topological polar surface area (TPSA) is 78.3 Å². The van der Waals surface area contributed by atoms with Crippen molar-refractivity contribution in [1.82, 2.24) is 14.5 Å². The SMILES string of the molecule is CCOc1c(C(C)=O)cccc1-c1cc(NCCn2c(C)c(OC)c3cccc(F)c32)ncn1. The third-order valence-corrected chi connectivity index (χ3v) is 5.71. The second-order valence-electron chi connectivity index (χ2n) is 7.79. The number of hydrogen-bond acceptors (Lipinski definition) is 6. The molecule has 7 nitrogen and oxygen atoms in total. The number of fused-ring (bicyclic) bond motifs is 1. The van der Waals surface area contributed by atoms with E-state index in [9.17, 15) is 9.18 Å². The minimum Gasteiger partial charge on any atom is -0.494 e.